The van der Waals surface area contributed by atoms with Crippen LogP contribution in [0.4, 0.5) is 0 Å². The summed E-state index contributed by atoms with van der Waals surface area (Å²) in [5.74, 6) is 1.54. The third kappa shape index (κ3) is 17.0. The number of aryl methyl sites for hydroxylation is 1. The van der Waals surface area contributed by atoms with Crippen molar-refractivity contribution in [3.63, 3.8) is 0 Å². The van der Waals surface area contributed by atoms with Gasteiger partial charge in [0.25, 0.3) is 5.82 Å². The SMILES string of the molecule is CCCCCCCCCCCCCCC[n+]1ccn(Cc2ccccc2)c1CCCCCCCCCCCC. The first-order valence-corrected chi connectivity index (χ1v) is 17.5. The van der Waals surface area contributed by atoms with Crippen LogP contribution >= 0.6 is 0 Å². The van der Waals surface area contributed by atoms with Gasteiger partial charge < -0.3 is 0 Å². The van der Waals surface area contributed by atoms with E-state index < -0.39 is 0 Å². The summed E-state index contributed by atoms with van der Waals surface area (Å²) in [4.78, 5) is 0. The monoisotopic (exact) mass is 538 g/mol. The summed E-state index contributed by atoms with van der Waals surface area (Å²) in [5.41, 5.74) is 1.41. The van der Waals surface area contributed by atoms with Crippen molar-refractivity contribution in [3.8, 4) is 0 Å². The smallest absolute Gasteiger partial charge is 0.234 e. The molecule has 1 aromatic heterocycles. The van der Waals surface area contributed by atoms with Crippen LogP contribution in [0, 0.1) is 0 Å². The maximum absolute atomic E-state index is 2.58. The summed E-state index contributed by atoms with van der Waals surface area (Å²) in [6.07, 6.45) is 38.5. The van der Waals surface area contributed by atoms with Crippen LogP contribution in [0.15, 0.2) is 42.7 Å². The fourth-order valence-corrected chi connectivity index (χ4v) is 5.98. The molecule has 0 N–H and O–H groups in total. The first-order valence-electron chi connectivity index (χ1n) is 17.5. The van der Waals surface area contributed by atoms with Crippen LogP contribution in [-0.4, -0.2) is 4.57 Å². The van der Waals surface area contributed by atoms with Crippen molar-refractivity contribution in [2.45, 2.75) is 181 Å². The largest absolute Gasteiger partial charge is 0.256 e. The maximum atomic E-state index is 2.58. The van der Waals surface area contributed by atoms with Gasteiger partial charge in [-0.1, -0.05) is 173 Å². The Bertz CT molecular complexity index is 778. The fourth-order valence-electron chi connectivity index (χ4n) is 5.98. The zero-order valence-corrected chi connectivity index (χ0v) is 26.3. The molecule has 0 spiro atoms. The molecule has 2 nitrogen and oxygen atoms in total. The van der Waals surface area contributed by atoms with Crippen molar-refractivity contribution in [1.82, 2.24) is 4.57 Å². The minimum atomic E-state index is 1.000. The lowest BCUT2D eigenvalue weighted by Crippen LogP contribution is -2.37. The van der Waals surface area contributed by atoms with Crippen molar-refractivity contribution >= 4 is 0 Å². The van der Waals surface area contributed by atoms with Crippen molar-refractivity contribution in [2.24, 2.45) is 0 Å². The quantitative estimate of drug-likeness (QED) is 0.0791. The average molecular weight is 538 g/mol. The van der Waals surface area contributed by atoms with Gasteiger partial charge in [-0.3, -0.25) is 0 Å². The summed E-state index contributed by atoms with van der Waals surface area (Å²) in [5, 5.41) is 0. The van der Waals surface area contributed by atoms with Gasteiger partial charge in [0.2, 0.25) is 0 Å². The van der Waals surface area contributed by atoms with Crippen LogP contribution in [0.2, 0.25) is 0 Å². The number of unbranched alkanes of at least 4 members (excludes halogenated alkanes) is 21. The van der Waals surface area contributed by atoms with E-state index >= 15 is 0 Å². The average Bonchev–Trinajstić information content (AvgIpc) is 3.33. The Morgan fingerprint density at radius 3 is 1.44 bits per heavy atom. The molecule has 1 heterocycles. The van der Waals surface area contributed by atoms with Crippen LogP contribution < -0.4 is 4.57 Å². The van der Waals surface area contributed by atoms with Gasteiger partial charge in [-0.2, -0.15) is 0 Å². The Morgan fingerprint density at radius 2 is 0.949 bits per heavy atom. The Morgan fingerprint density at radius 1 is 0.513 bits per heavy atom. The maximum Gasteiger partial charge on any atom is 0.256 e. The Kier molecular flexibility index (Phi) is 20.9. The molecule has 0 radical (unpaired) electrons. The predicted octanol–water partition coefficient (Wildman–Crippen LogP) is 11.4. The molecular formula is C37H65N2+. The Labute approximate surface area is 244 Å². The van der Waals surface area contributed by atoms with Gasteiger partial charge in [0, 0.05) is 6.42 Å². The zero-order valence-electron chi connectivity index (χ0n) is 26.3. The summed E-state index contributed by atoms with van der Waals surface area (Å²) in [7, 11) is 0. The number of benzene rings is 1. The van der Waals surface area contributed by atoms with Crippen LogP contribution in [0.3, 0.4) is 0 Å². The lowest BCUT2D eigenvalue weighted by Gasteiger charge is -2.07. The van der Waals surface area contributed by atoms with Crippen molar-refractivity contribution < 1.29 is 4.57 Å². The number of nitrogens with zero attached hydrogens (tertiary/aromatic N) is 2. The highest BCUT2D eigenvalue weighted by Crippen LogP contribution is 2.15. The highest BCUT2D eigenvalue weighted by atomic mass is 15.1. The highest BCUT2D eigenvalue weighted by molar-refractivity contribution is 5.15. The second-order valence-corrected chi connectivity index (χ2v) is 12.2. The topological polar surface area (TPSA) is 8.81 Å². The van der Waals surface area contributed by atoms with E-state index in [4.69, 9.17) is 0 Å². The summed E-state index contributed by atoms with van der Waals surface area (Å²) >= 11 is 0. The molecule has 0 amide bonds. The van der Waals surface area contributed by atoms with E-state index in [1.807, 2.05) is 0 Å². The minimum absolute atomic E-state index is 1.000. The van der Waals surface area contributed by atoms with Crippen LogP contribution in [0.5, 0.6) is 0 Å². The molecule has 2 aromatic rings. The van der Waals surface area contributed by atoms with Crippen molar-refractivity contribution in [2.75, 3.05) is 0 Å². The number of hydrogen-bond donors (Lipinski definition) is 0. The minimum Gasteiger partial charge on any atom is -0.234 e. The molecule has 0 aliphatic heterocycles. The van der Waals surface area contributed by atoms with Crippen molar-refractivity contribution in [1.29, 1.82) is 0 Å². The number of rotatable bonds is 27. The second kappa shape index (κ2) is 24.2. The first-order chi connectivity index (χ1) is 19.3. The Hall–Kier alpha value is -1.57. The van der Waals surface area contributed by atoms with Crippen LogP contribution in [0.25, 0.3) is 0 Å². The fraction of sp³-hybridized carbons (Fsp3) is 0.757. The molecule has 0 saturated heterocycles. The van der Waals surface area contributed by atoms with Gasteiger partial charge in [0.15, 0.2) is 0 Å². The predicted molar refractivity (Wildman–Crippen MR) is 171 cm³/mol. The summed E-state index contributed by atoms with van der Waals surface area (Å²) in [6, 6.07) is 11.0. The molecule has 2 rings (SSSR count). The van der Waals surface area contributed by atoms with E-state index in [0.717, 1.165) is 6.54 Å². The number of hydrogen-bond acceptors (Lipinski definition) is 0. The van der Waals surface area contributed by atoms with E-state index in [9.17, 15) is 0 Å². The lowest BCUT2D eigenvalue weighted by atomic mass is 10.0. The first kappa shape index (κ1) is 33.6. The van der Waals surface area contributed by atoms with Crippen LogP contribution in [0.1, 0.15) is 173 Å². The molecule has 0 saturated carbocycles. The summed E-state index contributed by atoms with van der Waals surface area (Å²) in [6.45, 7) is 6.80. The molecule has 2 heteroatoms. The molecule has 0 unspecified atom stereocenters. The van der Waals surface area contributed by atoms with Gasteiger partial charge in [0.05, 0.1) is 6.54 Å². The zero-order chi connectivity index (χ0) is 27.6. The summed E-state index contributed by atoms with van der Waals surface area (Å²) < 4.78 is 5.10. The van der Waals surface area contributed by atoms with E-state index in [1.165, 1.54) is 172 Å². The van der Waals surface area contributed by atoms with E-state index in [1.54, 1.807) is 0 Å². The molecule has 222 valence electrons. The molecule has 0 bridgehead atoms. The van der Waals surface area contributed by atoms with Gasteiger partial charge >= 0.3 is 0 Å². The molecule has 0 aliphatic carbocycles. The van der Waals surface area contributed by atoms with E-state index in [2.05, 4.69) is 65.7 Å². The van der Waals surface area contributed by atoms with Gasteiger partial charge in [-0.25, -0.2) is 9.13 Å². The number of imidazole rings is 1. The van der Waals surface area contributed by atoms with Gasteiger partial charge in [-0.05, 0) is 24.8 Å². The normalized spacial score (nSPS) is 11.4. The van der Waals surface area contributed by atoms with Crippen LogP contribution in [-0.2, 0) is 19.5 Å². The lowest BCUT2D eigenvalue weighted by molar-refractivity contribution is -0.704. The van der Waals surface area contributed by atoms with Gasteiger partial charge in [-0.15, -0.1) is 0 Å². The molecule has 0 atom stereocenters. The van der Waals surface area contributed by atoms with Crippen molar-refractivity contribution in [3.05, 3.63) is 54.1 Å². The molecule has 39 heavy (non-hydrogen) atoms. The highest BCUT2D eigenvalue weighted by Gasteiger charge is 2.17. The molecule has 1 aromatic carbocycles. The standard InChI is InChI=1S/C37H65N2/c1-3-5-7-9-11-13-15-16-17-19-21-23-28-32-38-33-34-39(35-36-29-25-24-26-30-36)37(38)31-27-22-20-18-14-12-10-8-6-4-2/h24-26,29-30,33-34H,3-23,27-28,31-32,35H2,1-2H3/q+1. The van der Waals surface area contributed by atoms with E-state index in [0.29, 0.717) is 0 Å². The molecule has 0 fully saturated rings. The Balaban J connectivity index is 1.64. The second-order valence-electron chi connectivity index (χ2n) is 12.2. The van der Waals surface area contributed by atoms with Gasteiger partial charge in [0.1, 0.15) is 18.9 Å². The third-order valence-corrected chi connectivity index (χ3v) is 8.54. The number of aromatic nitrogens is 2. The van der Waals surface area contributed by atoms with E-state index in [-0.39, 0.29) is 0 Å². The molecule has 0 aliphatic rings. The third-order valence-electron chi connectivity index (χ3n) is 8.54. The molecular weight excluding hydrogens is 472 g/mol.